The molecule has 3 rings (SSSR count). The zero-order valence-electron chi connectivity index (χ0n) is 15.5. The van der Waals surface area contributed by atoms with E-state index in [2.05, 4.69) is 0 Å². The summed E-state index contributed by atoms with van der Waals surface area (Å²) >= 11 is 0. The van der Waals surface area contributed by atoms with Crippen LogP contribution in [0, 0.1) is 0 Å². The molecule has 0 aliphatic carbocycles. The zero-order chi connectivity index (χ0) is 21.1. The molecule has 8 heteroatoms. The molecule has 0 amide bonds. The van der Waals surface area contributed by atoms with Crippen molar-refractivity contribution in [2.24, 2.45) is 0 Å². The maximum atomic E-state index is 12.2. The van der Waals surface area contributed by atoms with Crippen molar-refractivity contribution in [2.75, 3.05) is 0 Å². The molecule has 0 radical (unpaired) electrons. The molecule has 0 spiro atoms. The normalized spacial score (nSPS) is 27.1. The number of phenolic OH excluding ortho intramolecular Hbond substituents is 2. The minimum absolute atomic E-state index is 0.0669. The summed E-state index contributed by atoms with van der Waals surface area (Å²) in [6.07, 6.45) is -3.00. The third-order valence-electron chi connectivity index (χ3n) is 4.61. The summed E-state index contributed by atoms with van der Waals surface area (Å²) in [7, 11) is 0. The lowest BCUT2D eigenvalue weighted by molar-refractivity contribution is -0.268. The Morgan fingerprint density at radius 1 is 1.00 bits per heavy atom. The largest absolute Gasteiger partial charge is 0.508 e. The molecule has 5 atom stereocenters. The number of carbonyl (C=O) groups excluding carboxylic acids is 1. The molecular formula is C21H22O8. The quantitative estimate of drug-likeness (QED) is 0.372. The minimum Gasteiger partial charge on any atom is -0.508 e. The number of ketones is 1. The van der Waals surface area contributed by atoms with E-state index in [1.54, 1.807) is 37.3 Å². The Labute approximate surface area is 166 Å². The van der Waals surface area contributed by atoms with Crippen LogP contribution in [0.1, 0.15) is 22.8 Å². The van der Waals surface area contributed by atoms with Gasteiger partial charge in [0.15, 0.2) is 5.78 Å². The summed E-state index contributed by atoms with van der Waals surface area (Å²) in [6, 6.07) is 10.3. The molecule has 0 bridgehead atoms. The van der Waals surface area contributed by atoms with Crippen molar-refractivity contribution in [3.05, 3.63) is 59.7 Å². The molecule has 5 N–H and O–H groups in total. The van der Waals surface area contributed by atoms with Gasteiger partial charge < -0.3 is 35.0 Å². The molecule has 2 aromatic carbocycles. The minimum atomic E-state index is -1.41. The number of aliphatic hydroxyl groups excluding tert-OH is 3. The van der Waals surface area contributed by atoms with Crippen LogP contribution in [0.3, 0.4) is 0 Å². The second-order valence-electron chi connectivity index (χ2n) is 6.77. The van der Waals surface area contributed by atoms with Crippen LogP contribution in [-0.2, 0) is 4.74 Å². The van der Waals surface area contributed by atoms with E-state index in [4.69, 9.17) is 9.47 Å². The van der Waals surface area contributed by atoms with Crippen LogP contribution in [-0.4, -0.2) is 62.0 Å². The van der Waals surface area contributed by atoms with Crippen LogP contribution in [0.25, 0.3) is 6.08 Å². The fourth-order valence-electron chi connectivity index (χ4n) is 2.89. The van der Waals surface area contributed by atoms with E-state index in [1.807, 2.05) is 0 Å². The van der Waals surface area contributed by atoms with Crippen molar-refractivity contribution in [1.29, 1.82) is 0 Å². The number of hydrogen-bond donors (Lipinski definition) is 5. The van der Waals surface area contributed by atoms with E-state index in [1.165, 1.54) is 18.2 Å². The van der Waals surface area contributed by atoms with Gasteiger partial charge in [0.25, 0.3) is 0 Å². The smallest absolute Gasteiger partial charge is 0.229 e. The fourth-order valence-corrected chi connectivity index (χ4v) is 2.89. The van der Waals surface area contributed by atoms with E-state index >= 15 is 0 Å². The number of benzene rings is 2. The highest BCUT2D eigenvalue weighted by Gasteiger charge is 2.43. The summed E-state index contributed by atoms with van der Waals surface area (Å²) in [5.74, 6) is -0.509. The summed E-state index contributed by atoms with van der Waals surface area (Å²) < 4.78 is 10.9. The molecule has 0 saturated carbocycles. The SMILES string of the molecule is C[C@@H]1O[C@H](Oc2ccc(/C=C/C(=O)c3ccc(O)cc3O)cc2)[C@@H](O)[C@H](O)[C@H]1O. The second-order valence-corrected chi connectivity index (χ2v) is 6.77. The zero-order valence-corrected chi connectivity index (χ0v) is 15.5. The number of carbonyl (C=O) groups is 1. The molecule has 2 aromatic rings. The lowest BCUT2D eigenvalue weighted by atomic mass is 10.00. The maximum Gasteiger partial charge on any atom is 0.229 e. The summed E-state index contributed by atoms with van der Waals surface area (Å²) in [4.78, 5) is 12.2. The highest BCUT2D eigenvalue weighted by atomic mass is 16.7. The van der Waals surface area contributed by atoms with E-state index in [0.717, 1.165) is 6.07 Å². The number of rotatable bonds is 5. The average molecular weight is 402 g/mol. The van der Waals surface area contributed by atoms with Gasteiger partial charge >= 0.3 is 0 Å². The van der Waals surface area contributed by atoms with E-state index in [0.29, 0.717) is 11.3 Å². The second kappa shape index (κ2) is 8.62. The molecule has 1 heterocycles. The molecule has 1 saturated heterocycles. The van der Waals surface area contributed by atoms with Gasteiger partial charge in [-0.05, 0) is 42.8 Å². The number of allylic oxidation sites excluding steroid dienone is 1. The molecular weight excluding hydrogens is 380 g/mol. The summed E-state index contributed by atoms with van der Waals surface area (Å²) in [5, 5.41) is 48.5. The van der Waals surface area contributed by atoms with Crippen molar-refractivity contribution in [1.82, 2.24) is 0 Å². The fraction of sp³-hybridized carbons (Fsp3) is 0.286. The van der Waals surface area contributed by atoms with Gasteiger partial charge in [0.05, 0.1) is 11.7 Å². The number of aromatic hydroxyl groups is 2. The molecule has 1 aliphatic heterocycles. The van der Waals surface area contributed by atoms with Crippen LogP contribution in [0.5, 0.6) is 17.2 Å². The van der Waals surface area contributed by atoms with Gasteiger partial charge in [-0.2, -0.15) is 0 Å². The van der Waals surface area contributed by atoms with Crippen molar-refractivity contribution < 1.29 is 39.8 Å². The first kappa shape index (κ1) is 20.8. The number of phenols is 2. The average Bonchev–Trinajstić information content (AvgIpc) is 2.69. The van der Waals surface area contributed by atoms with Crippen LogP contribution in [0.4, 0.5) is 0 Å². The first-order chi connectivity index (χ1) is 13.8. The first-order valence-corrected chi connectivity index (χ1v) is 8.97. The number of hydrogen-bond acceptors (Lipinski definition) is 8. The summed E-state index contributed by atoms with van der Waals surface area (Å²) in [6.45, 7) is 1.56. The van der Waals surface area contributed by atoms with E-state index in [-0.39, 0.29) is 17.1 Å². The number of aliphatic hydroxyl groups is 3. The van der Waals surface area contributed by atoms with Crippen LogP contribution in [0.2, 0.25) is 0 Å². The Kier molecular flexibility index (Phi) is 6.19. The number of ether oxygens (including phenoxy) is 2. The third kappa shape index (κ3) is 4.75. The van der Waals surface area contributed by atoms with Gasteiger partial charge in [-0.15, -0.1) is 0 Å². The lowest BCUT2D eigenvalue weighted by Crippen LogP contribution is -2.58. The van der Waals surface area contributed by atoms with Crippen molar-refractivity contribution >= 4 is 11.9 Å². The molecule has 0 unspecified atom stereocenters. The third-order valence-corrected chi connectivity index (χ3v) is 4.61. The van der Waals surface area contributed by atoms with Crippen molar-refractivity contribution in [2.45, 2.75) is 37.6 Å². The molecule has 0 aromatic heterocycles. The summed E-state index contributed by atoms with van der Waals surface area (Å²) in [5.41, 5.74) is 0.746. The van der Waals surface area contributed by atoms with Gasteiger partial charge in [-0.3, -0.25) is 4.79 Å². The Balaban J connectivity index is 1.64. The van der Waals surface area contributed by atoms with Gasteiger partial charge in [-0.1, -0.05) is 18.2 Å². The van der Waals surface area contributed by atoms with Crippen LogP contribution >= 0.6 is 0 Å². The predicted octanol–water partition coefficient (Wildman–Crippen LogP) is 1.20. The highest BCUT2D eigenvalue weighted by molar-refractivity contribution is 6.08. The molecule has 1 fully saturated rings. The maximum absolute atomic E-state index is 12.2. The van der Waals surface area contributed by atoms with Gasteiger partial charge in [0, 0.05) is 6.07 Å². The van der Waals surface area contributed by atoms with E-state index in [9.17, 15) is 30.3 Å². The topological polar surface area (TPSA) is 137 Å². The molecule has 8 nitrogen and oxygen atoms in total. The standard InChI is InChI=1S/C21H22O8/c1-11-18(25)19(26)20(27)21(28-11)29-14-6-2-12(3-7-14)4-9-16(23)15-8-5-13(22)10-17(15)24/h2-11,18-22,24-27H,1H3/b9-4+/t11-,18-,19+,20-,21+/m0/s1. The van der Waals surface area contributed by atoms with Gasteiger partial charge in [0.1, 0.15) is 35.6 Å². The molecule has 1 aliphatic rings. The van der Waals surface area contributed by atoms with Crippen molar-refractivity contribution in [3.63, 3.8) is 0 Å². The van der Waals surface area contributed by atoms with Gasteiger partial charge in [-0.25, -0.2) is 0 Å². The predicted molar refractivity (Wildman–Crippen MR) is 103 cm³/mol. The highest BCUT2D eigenvalue weighted by Crippen LogP contribution is 2.25. The Morgan fingerprint density at radius 3 is 2.34 bits per heavy atom. The van der Waals surface area contributed by atoms with Crippen LogP contribution in [0.15, 0.2) is 48.5 Å². The molecule has 154 valence electrons. The van der Waals surface area contributed by atoms with E-state index < -0.39 is 36.5 Å². The Morgan fingerprint density at radius 2 is 1.69 bits per heavy atom. The first-order valence-electron chi connectivity index (χ1n) is 8.97. The Bertz CT molecular complexity index is 892. The van der Waals surface area contributed by atoms with Crippen LogP contribution < -0.4 is 4.74 Å². The van der Waals surface area contributed by atoms with Crippen molar-refractivity contribution in [3.8, 4) is 17.2 Å². The lowest BCUT2D eigenvalue weighted by Gasteiger charge is -2.38. The monoisotopic (exact) mass is 402 g/mol. The molecule has 29 heavy (non-hydrogen) atoms. The Hall–Kier alpha value is -2.91. The van der Waals surface area contributed by atoms with Gasteiger partial charge in [0.2, 0.25) is 6.29 Å².